The van der Waals surface area contributed by atoms with E-state index in [0.29, 0.717) is 15.9 Å². The molecule has 2 aliphatic heterocycles. The first kappa shape index (κ1) is 20.4. The summed E-state index contributed by atoms with van der Waals surface area (Å²) < 4.78 is 7.52. The van der Waals surface area contributed by atoms with Crippen LogP contribution in [0.1, 0.15) is 30.3 Å². The Morgan fingerprint density at radius 2 is 2.07 bits per heavy atom. The van der Waals surface area contributed by atoms with Crippen LogP contribution in [0, 0.1) is 19.3 Å². The van der Waals surface area contributed by atoms with Crippen molar-refractivity contribution in [3.05, 3.63) is 51.8 Å². The monoisotopic (exact) mass is 441 g/mol. The molecule has 9 heteroatoms. The summed E-state index contributed by atoms with van der Waals surface area (Å²) in [6.07, 6.45) is 2.42. The molecule has 0 bridgehead atoms. The van der Waals surface area contributed by atoms with E-state index >= 15 is 0 Å². The average molecular weight is 442 g/mol. The highest BCUT2D eigenvalue weighted by atomic mass is 35.5. The molecule has 0 spiro atoms. The zero-order valence-corrected chi connectivity index (χ0v) is 18.6. The van der Waals surface area contributed by atoms with Crippen LogP contribution >= 0.6 is 23.4 Å². The van der Waals surface area contributed by atoms with Crippen molar-refractivity contribution in [1.82, 2.24) is 9.58 Å². The summed E-state index contributed by atoms with van der Waals surface area (Å²) in [4.78, 5) is 16.8. The number of carbonyl (C=O) groups is 1. The van der Waals surface area contributed by atoms with E-state index in [1.54, 1.807) is 19.3 Å². The van der Waals surface area contributed by atoms with Crippen LogP contribution < -0.4 is 4.74 Å². The van der Waals surface area contributed by atoms with E-state index in [0.717, 1.165) is 34.1 Å². The summed E-state index contributed by atoms with van der Waals surface area (Å²) in [5.74, 6) is 0.286. The minimum absolute atomic E-state index is 0.0334. The molecule has 4 rings (SSSR count). The maximum Gasteiger partial charge on any atom is 0.283 e. The lowest BCUT2D eigenvalue weighted by molar-refractivity contribution is -0.114. The Morgan fingerprint density at radius 1 is 1.30 bits per heavy atom. The lowest BCUT2D eigenvalue weighted by Gasteiger charge is -2.20. The quantitative estimate of drug-likeness (QED) is 0.691. The molecule has 30 heavy (non-hydrogen) atoms. The number of aliphatic imine (C=N–C) groups is 1. The number of benzene rings is 1. The highest BCUT2D eigenvalue weighted by Gasteiger charge is 2.35. The van der Waals surface area contributed by atoms with Crippen molar-refractivity contribution in [1.29, 1.82) is 5.41 Å². The van der Waals surface area contributed by atoms with Gasteiger partial charge in [0.15, 0.2) is 5.84 Å². The zero-order chi connectivity index (χ0) is 21.6. The van der Waals surface area contributed by atoms with Crippen molar-refractivity contribution in [3.8, 4) is 11.4 Å². The van der Waals surface area contributed by atoms with Crippen molar-refractivity contribution in [3.63, 3.8) is 0 Å². The van der Waals surface area contributed by atoms with Crippen LogP contribution in [0.2, 0.25) is 5.02 Å². The van der Waals surface area contributed by atoms with Crippen molar-refractivity contribution >= 4 is 51.4 Å². The number of nitrogens with one attached hydrogen (secondary N) is 1. The molecule has 7 nitrogen and oxygen atoms in total. The predicted molar refractivity (Wildman–Crippen MR) is 122 cm³/mol. The van der Waals surface area contributed by atoms with Crippen LogP contribution in [0.5, 0.6) is 5.75 Å². The van der Waals surface area contributed by atoms with E-state index in [2.05, 4.69) is 10.1 Å². The van der Waals surface area contributed by atoms with Gasteiger partial charge in [-0.1, -0.05) is 18.5 Å². The summed E-state index contributed by atoms with van der Waals surface area (Å²) in [6.45, 7) is 5.89. The topological polar surface area (TPSA) is 83.0 Å². The standard InChI is InChI=1S/C21H20ClN5O2S/c1-5-18-25-27-19(23)15(20(28)24-21(27)30-18)9-13-8-11(2)26(12(13)3)16-10-14(22)6-7-17(16)29-4/h6-10,23H,5H2,1-4H3. The minimum Gasteiger partial charge on any atom is -0.495 e. The van der Waals surface area contributed by atoms with Crippen molar-refractivity contribution in [2.75, 3.05) is 7.11 Å². The van der Waals surface area contributed by atoms with Gasteiger partial charge in [-0.3, -0.25) is 10.2 Å². The van der Waals surface area contributed by atoms with Gasteiger partial charge in [0.25, 0.3) is 5.91 Å². The molecule has 0 unspecified atom stereocenters. The first-order chi connectivity index (χ1) is 14.3. The van der Waals surface area contributed by atoms with Crippen molar-refractivity contribution in [2.24, 2.45) is 10.1 Å². The number of fused-ring (bicyclic) bond motifs is 1. The molecule has 1 aromatic heterocycles. The van der Waals surface area contributed by atoms with Crippen LogP contribution in [0.4, 0.5) is 0 Å². The van der Waals surface area contributed by atoms with Crippen LogP contribution in [0.3, 0.4) is 0 Å². The normalized spacial score (nSPS) is 17.4. The SMILES string of the molecule is CCC1=NN2C(=N)C(=Cc3cc(C)n(-c4cc(Cl)ccc4OC)c3C)C(=O)N=C2S1. The van der Waals surface area contributed by atoms with Gasteiger partial charge in [0.2, 0.25) is 5.17 Å². The molecule has 2 aromatic rings. The fourth-order valence-corrected chi connectivity index (χ4v) is 4.46. The van der Waals surface area contributed by atoms with Crippen molar-refractivity contribution < 1.29 is 9.53 Å². The number of amidine groups is 2. The van der Waals surface area contributed by atoms with E-state index in [4.69, 9.17) is 21.7 Å². The zero-order valence-electron chi connectivity index (χ0n) is 17.0. The molecule has 154 valence electrons. The summed E-state index contributed by atoms with van der Waals surface area (Å²) in [7, 11) is 1.61. The van der Waals surface area contributed by atoms with Gasteiger partial charge in [0.1, 0.15) is 10.8 Å². The number of methoxy groups -OCH3 is 1. The van der Waals surface area contributed by atoms with Gasteiger partial charge in [-0.05, 0) is 67.9 Å². The Hall–Kier alpha value is -2.84. The highest BCUT2D eigenvalue weighted by molar-refractivity contribution is 8.26. The van der Waals surface area contributed by atoms with Crippen LogP contribution in [-0.4, -0.2) is 38.6 Å². The first-order valence-corrected chi connectivity index (χ1v) is 10.6. The van der Waals surface area contributed by atoms with E-state index in [9.17, 15) is 4.79 Å². The first-order valence-electron chi connectivity index (χ1n) is 9.36. The van der Waals surface area contributed by atoms with E-state index in [1.165, 1.54) is 16.8 Å². The number of aromatic nitrogens is 1. The molecular weight excluding hydrogens is 422 g/mol. The Balaban J connectivity index is 1.79. The van der Waals surface area contributed by atoms with Gasteiger partial charge >= 0.3 is 0 Å². The molecular formula is C21H20ClN5O2S. The predicted octanol–water partition coefficient (Wildman–Crippen LogP) is 4.79. The van der Waals surface area contributed by atoms with Crippen LogP contribution in [0.15, 0.2) is 39.9 Å². The van der Waals surface area contributed by atoms with Crippen LogP contribution in [-0.2, 0) is 4.79 Å². The van der Waals surface area contributed by atoms with Gasteiger partial charge in [-0.15, -0.1) is 0 Å². The average Bonchev–Trinajstić information content (AvgIpc) is 3.25. The maximum absolute atomic E-state index is 12.6. The maximum atomic E-state index is 12.6. The Bertz CT molecular complexity index is 1180. The Kier molecular flexibility index (Phi) is 5.29. The molecule has 3 heterocycles. The van der Waals surface area contributed by atoms with Crippen LogP contribution in [0.25, 0.3) is 11.8 Å². The van der Waals surface area contributed by atoms with Gasteiger partial charge < -0.3 is 9.30 Å². The number of rotatable bonds is 4. The fraction of sp³-hybridized carbons (Fsp3) is 0.238. The number of thioether (sulfide) groups is 1. The molecule has 0 saturated heterocycles. The molecule has 0 saturated carbocycles. The molecule has 1 aromatic carbocycles. The molecule has 0 atom stereocenters. The summed E-state index contributed by atoms with van der Waals surface area (Å²) in [5, 5.41) is 16.2. The molecule has 0 fully saturated rings. The van der Waals surface area contributed by atoms with E-state index in [1.807, 2.05) is 43.5 Å². The minimum atomic E-state index is -0.434. The molecule has 0 radical (unpaired) electrons. The molecule has 2 aliphatic rings. The molecule has 0 aliphatic carbocycles. The van der Waals surface area contributed by atoms with E-state index < -0.39 is 5.91 Å². The third kappa shape index (κ3) is 3.36. The number of ether oxygens (including phenoxy) is 1. The number of carbonyl (C=O) groups excluding carboxylic acids is 1. The number of aryl methyl sites for hydroxylation is 1. The molecule has 1 amide bonds. The number of hydrogen-bond donors (Lipinski definition) is 1. The Morgan fingerprint density at radius 3 is 2.77 bits per heavy atom. The lowest BCUT2D eigenvalue weighted by Crippen LogP contribution is -2.35. The third-order valence-electron chi connectivity index (χ3n) is 4.95. The number of halogens is 1. The summed E-state index contributed by atoms with van der Waals surface area (Å²) in [6, 6.07) is 7.39. The van der Waals surface area contributed by atoms with Gasteiger partial charge in [-0.2, -0.15) is 15.1 Å². The summed E-state index contributed by atoms with van der Waals surface area (Å²) in [5.41, 5.74) is 3.67. The number of hydrogen-bond acceptors (Lipinski definition) is 5. The van der Waals surface area contributed by atoms with Gasteiger partial charge in [-0.25, -0.2) is 0 Å². The number of nitrogens with zero attached hydrogens (tertiary/aromatic N) is 4. The second-order valence-corrected chi connectivity index (χ2v) is 8.32. The largest absolute Gasteiger partial charge is 0.495 e. The molecule has 1 N–H and O–H groups in total. The second kappa shape index (κ2) is 7.77. The smallest absolute Gasteiger partial charge is 0.283 e. The fourth-order valence-electron chi connectivity index (χ4n) is 3.47. The van der Waals surface area contributed by atoms with Gasteiger partial charge in [0.05, 0.1) is 18.4 Å². The van der Waals surface area contributed by atoms with Gasteiger partial charge in [0, 0.05) is 16.4 Å². The van der Waals surface area contributed by atoms with E-state index in [-0.39, 0.29) is 11.4 Å². The number of amides is 1. The second-order valence-electron chi connectivity index (χ2n) is 6.85. The number of hydrazone groups is 1. The lowest BCUT2D eigenvalue weighted by atomic mass is 10.1. The third-order valence-corrected chi connectivity index (χ3v) is 6.24. The summed E-state index contributed by atoms with van der Waals surface area (Å²) >= 11 is 7.55. The van der Waals surface area contributed by atoms with Crippen molar-refractivity contribution in [2.45, 2.75) is 27.2 Å². The highest BCUT2D eigenvalue weighted by Crippen LogP contribution is 2.33. The Labute approximate surface area is 183 Å².